The van der Waals surface area contributed by atoms with Crippen molar-refractivity contribution in [1.82, 2.24) is 9.97 Å². The van der Waals surface area contributed by atoms with Crippen molar-refractivity contribution in [3.63, 3.8) is 0 Å². The van der Waals surface area contributed by atoms with Gasteiger partial charge in [-0.2, -0.15) is 13.2 Å². The summed E-state index contributed by atoms with van der Waals surface area (Å²) in [6.07, 6.45) is -3.04. The van der Waals surface area contributed by atoms with Gasteiger partial charge < -0.3 is 5.73 Å². The maximum absolute atomic E-state index is 12.7. The Morgan fingerprint density at radius 2 is 1.95 bits per heavy atom. The SMILES string of the molecule is N=C(N)c1ccc(C(F)(F)F)nc1Sc1ccc(Br)cn1. The molecule has 2 aromatic rings. The molecule has 3 N–H and O–H groups in total. The predicted molar refractivity (Wildman–Crippen MR) is 76.3 cm³/mol. The molecule has 21 heavy (non-hydrogen) atoms. The molecule has 0 aromatic carbocycles. The molecule has 110 valence electrons. The van der Waals surface area contributed by atoms with Gasteiger partial charge in [-0.3, -0.25) is 5.41 Å². The zero-order chi connectivity index (χ0) is 15.6. The Kier molecular flexibility index (Phi) is 4.52. The molecule has 0 bridgehead atoms. The van der Waals surface area contributed by atoms with Gasteiger partial charge in [-0.1, -0.05) is 0 Å². The number of aromatic nitrogens is 2. The Hall–Kier alpha value is -1.61. The number of hydrogen-bond acceptors (Lipinski definition) is 4. The van der Waals surface area contributed by atoms with E-state index in [0.717, 1.165) is 28.4 Å². The lowest BCUT2D eigenvalue weighted by Gasteiger charge is -2.11. The fourth-order valence-corrected chi connectivity index (χ4v) is 2.51. The molecule has 0 atom stereocenters. The lowest BCUT2D eigenvalue weighted by atomic mass is 10.2. The van der Waals surface area contributed by atoms with Crippen molar-refractivity contribution < 1.29 is 13.2 Å². The highest BCUT2D eigenvalue weighted by molar-refractivity contribution is 9.10. The van der Waals surface area contributed by atoms with Crippen molar-refractivity contribution in [3.8, 4) is 0 Å². The second-order valence-electron chi connectivity index (χ2n) is 3.88. The Morgan fingerprint density at radius 3 is 2.48 bits per heavy atom. The van der Waals surface area contributed by atoms with E-state index in [1.165, 1.54) is 6.20 Å². The number of nitrogens with zero attached hydrogens (tertiary/aromatic N) is 2. The molecular weight excluding hydrogens is 369 g/mol. The summed E-state index contributed by atoms with van der Waals surface area (Å²) in [5, 5.41) is 7.86. The van der Waals surface area contributed by atoms with E-state index in [0.29, 0.717) is 5.03 Å². The molecule has 2 aromatic heterocycles. The van der Waals surface area contributed by atoms with Gasteiger partial charge in [-0.25, -0.2) is 9.97 Å². The third-order valence-electron chi connectivity index (χ3n) is 2.34. The molecule has 2 rings (SSSR count). The predicted octanol–water partition coefficient (Wildman–Crippen LogP) is 3.69. The van der Waals surface area contributed by atoms with Crippen molar-refractivity contribution in [2.75, 3.05) is 0 Å². The third kappa shape index (κ3) is 3.94. The first-order valence-corrected chi connectivity index (χ1v) is 7.10. The van der Waals surface area contributed by atoms with Gasteiger partial charge in [0.25, 0.3) is 0 Å². The molecule has 0 aliphatic heterocycles. The summed E-state index contributed by atoms with van der Waals surface area (Å²) in [5.74, 6) is -0.351. The van der Waals surface area contributed by atoms with Crippen LogP contribution in [-0.4, -0.2) is 15.8 Å². The van der Waals surface area contributed by atoms with E-state index < -0.39 is 11.9 Å². The summed E-state index contributed by atoms with van der Waals surface area (Å²) < 4.78 is 38.9. The minimum absolute atomic E-state index is 0.00727. The monoisotopic (exact) mass is 376 g/mol. The number of amidine groups is 1. The van der Waals surface area contributed by atoms with Crippen molar-refractivity contribution in [2.24, 2.45) is 5.73 Å². The molecule has 2 heterocycles. The lowest BCUT2D eigenvalue weighted by Crippen LogP contribution is -2.16. The van der Waals surface area contributed by atoms with Crippen LogP contribution in [0.1, 0.15) is 11.3 Å². The van der Waals surface area contributed by atoms with E-state index >= 15 is 0 Å². The van der Waals surface area contributed by atoms with Crippen molar-refractivity contribution >= 4 is 33.5 Å². The van der Waals surface area contributed by atoms with Crippen LogP contribution in [0.15, 0.2) is 45.0 Å². The summed E-state index contributed by atoms with van der Waals surface area (Å²) in [5.41, 5.74) is 4.47. The Labute approximate surface area is 130 Å². The molecular formula is C12H8BrF3N4S. The topological polar surface area (TPSA) is 75.7 Å². The fraction of sp³-hybridized carbons (Fsp3) is 0.0833. The maximum atomic E-state index is 12.7. The quantitative estimate of drug-likeness (QED) is 0.632. The summed E-state index contributed by atoms with van der Waals surface area (Å²) >= 11 is 4.13. The van der Waals surface area contributed by atoms with Crippen LogP contribution >= 0.6 is 27.7 Å². The van der Waals surface area contributed by atoms with E-state index in [1.54, 1.807) is 12.1 Å². The van der Waals surface area contributed by atoms with E-state index in [4.69, 9.17) is 11.1 Å². The third-order valence-corrected chi connectivity index (χ3v) is 3.77. The van der Waals surface area contributed by atoms with Gasteiger partial charge >= 0.3 is 6.18 Å². The number of halogens is 4. The van der Waals surface area contributed by atoms with Crippen LogP contribution in [0.2, 0.25) is 0 Å². The number of pyridine rings is 2. The molecule has 0 saturated heterocycles. The smallest absolute Gasteiger partial charge is 0.384 e. The van der Waals surface area contributed by atoms with Gasteiger partial charge in [0, 0.05) is 16.2 Å². The first kappa shape index (κ1) is 15.8. The van der Waals surface area contributed by atoms with Gasteiger partial charge in [0.05, 0.1) is 0 Å². The molecule has 0 saturated carbocycles. The van der Waals surface area contributed by atoms with Crippen LogP contribution in [0.25, 0.3) is 0 Å². The van der Waals surface area contributed by atoms with Crippen LogP contribution in [-0.2, 0) is 6.18 Å². The summed E-state index contributed by atoms with van der Waals surface area (Å²) in [7, 11) is 0. The molecule has 0 radical (unpaired) electrons. The van der Waals surface area contributed by atoms with E-state index in [9.17, 15) is 13.2 Å². The van der Waals surface area contributed by atoms with Crippen LogP contribution in [0, 0.1) is 5.41 Å². The molecule has 0 unspecified atom stereocenters. The van der Waals surface area contributed by atoms with Crippen molar-refractivity contribution in [1.29, 1.82) is 5.41 Å². The molecule has 0 spiro atoms. The average molecular weight is 377 g/mol. The van der Waals surface area contributed by atoms with E-state index in [2.05, 4.69) is 25.9 Å². The standard InChI is InChI=1S/C12H8BrF3N4S/c13-6-1-4-9(19-5-6)21-11-7(10(17)18)2-3-8(20-11)12(14,15)16/h1-5H,(H3,17,18). The first-order chi connectivity index (χ1) is 9.77. The average Bonchev–Trinajstić information content (AvgIpc) is 2.40. The number of nitrogens with one attached hydrogen (secondary N) is 1. The van der Waals surface area contributed by atoms with Crippen LogP contribution in [0.5, 0.6) is 0 Å². The van der Waals surface area contributed by atoms with Gasteiger partial charge in [0.1, 0.15) is 21.6 Å². The number of nitrogens with two attached hydrogens (primary N) is 1. The number of nitrogen functional groups attached to an aromatic ring is 1. The second kappa shape index (κ2) is 6.02. The van der Waals surface area contributed by atoms with Gasteiger partial charge in [-0.05, 0) is 52.0 Å². The molecule has 0 amide bonds. The van der Waals surface area contributed by atoms with Gasteiger partial charge in [0.15, 0.2) is 0 Å². The van der Waals surface area contributed by atoms with Crippen LogP contribution < -0.4 is 5.73 Å². The highest BCUT2D eigenvalue weighted by Gasteiger charge is 2.33. The van der Waals surface area contributed by atoms with Crippen LogP contribution in [0.3, 0.4) is 0 Å². The molecule has 4 nitrogen and oxygen atoms in total. The number of rotatable bonds is 3. The van der Waals surface area contributed by atoms with Gasteiger partial charge in [-0.15, -0.1) is 0 Å². The normalized spacial score (nSPS) is 11.4. The summed E-state index contributed by atoms with van der Waals surface area (Å²) in [6, 6.07) is 5.27. The number of alkyl halides is 3. The zero-order valence-corrected chi connectivity index (χ0v) is 12.7. The maximum Gasteiger partial charge on any atom is 0.433 e. The number of hydrogen-bond donors (Lipinski definition) is 2. The summed E-state index contributed by atoms with van der Waals surface area (Å²) in [6.45, 7) is 0. The lowest BCUT2D eigenvalue weighted by molar-refractivity contribution is -0.141. The van der Waals surface area contributed by atoms with Crippen molar-refractivity contribution in [3.05, 3.63) is 46.2 Å². The Morgan fingerprint density at radius 1 is 1.24 bits per heavy atom. The van der Waals surface area contributed by atoms with Crippen molar-refractivity contribution in [2.45, 2.75) is 16.2 Å². The molecule has 0 aliphatic rings. The largest absolute Gasteiger partial charge is 0.433 e. The highest BCUT2D eigenvalue weighted by atomic mass is 79.9. The molecule has 9 heteroatoms. The molecule has 0 aliphatic carbocycles. The van der Waals surface area contributed by atoms with Crippen LogP contribution in [0.4, 0.5) is 13.2 Å². The highest BCUT2D eigenvalue weighted by Crippen LogP contribution is 2.33. The minimum atomic E-state index is -4.56. The summed E-state index contributed by atoms with van der Waals surface area (Å²) in [4.78, 5) is 7.60. The van der Waals surface area contributed by atoms with E-state index in [-0.39, 0.29) is 16.4 Å². The van der Waals surface area contributed by atoms with Gasteiger partial charge in [0.2, 0.25) is 0 Å². The second-order valence-corrected chi connectivity index (χ2v) is 5.80. The molecule has 0 fully saturated rings. The van der Waals surface area contributed by atoms with E-state index in [1.807, 2.05) is 0 Å². The Bertz CT molecular complexity index is 673. The Balaban J connectivity index is 2.43. The zero-order valence-electron chi connectivity index (χ0n) is 10.3. The first-order valence-electron chi connectivity index (χ1n) is 5.49. The fourth-order valence-electron chi connectivity index (χ4n) is 1.40. The minimum Gasteiger partial charge on any atom is -0.384 e.